The number of nitrogens with zero attached hydrogens (tertiary/aromatic N) is 1. The second-order valence-electron chi connectivity index (χ2n) is 7.93. The van der Waals surface area contributed by atoms with E-state index in [-0.39, 0.29) is 5.91 Å². The molecule has 4 aromatic rings. The smallest absolute Gasteiger partial charge is 0.251 e. The van der Waals surface area contributed by atoms with E-state index in [0.717, 1.165) is 40.6 Å². The van der Waals surface area contributed by atoms with E-state index in [1.165, 1.54) is 29.5 Å². The van der Waals surface area contributed by atoms with Gasteiger partial charge in [0.05, 0.1) is 5.52 Å². The number of anilines is 2. The molecule has 5 rings (SSSR count). The SMILES string of the molecule is CNc1cc(N)c2cc(CNC(=O)c3ccc4[nH]c5c(c4c3)CCCC5)ccc2n1. The van der Waals surface area contributed by atoms with Crippen LogP contribution in [0.5, 0.6) is 0 Å². The highest BCUT2D eigenvalue weighted by atomic mass is 16.1. The Kier molecular flexibility index (Phi) is 4.54. The third-order valence-corrected chi connectivity index (χ3v) is 5.97. The van der Waals surface area contributed by atoms with Crippen LogP contribution in [0.25, 0.3) is 21.8 Å². The Hall–Kier alpha value is -3.54. The highest BCUT2D eigenvalue weighted by Crippen LogP contribution is 2.30. The molecule has 0 bridgehead atoms. The number of fused-ring (bicyclic) bond motifs is 4. The normalized spacial score (nSPS) is 13.4. The Labute approximate surface area is 174 Å². The van der Waals surface area contributed by atoms with Crippen LogP contribution in [0, 0.1) is 0 Å². The predicted molar refractivity (Wildman–Crippen MR) is 122 cm³/mol. The first-order valence-electron chi connectivity index (χ1n) is 10.4. The van der Waals surface area contributed by atoms with Gasteiger partial charge < -0.3 is 21.4 Å². The lowest BCUT2D eigenvalue weighted by atomic mass is 9.95. The Morgan fingerprint density at radius 1 is 1.10 bits per heavy atom. The summed E-state index contributed by atoms with van der Waals surface area (Å²) in [4.78, 5) is 20.8. The van der Waals surface area contributed by atoms with Crippen LogP contribution in [0.3, 0.4) is 0 Å². The van der Waals surface area contributed by atoms with Crippen LogP contribution < -0.4 is 16.4 Å². The largest absolute Gasteiger partial charge is 0.398 e. The molecule has 0 unspecified atom stereocenters. The fourth-order valence-corrected chi connectivity index (χ4v) is 4.37. The van der Waals surface area contributed by atoms with Crippen molar-refractivity contribution in [3.63, 3.8) is 0 Å². The number of aromatic nitrogens is 2. The van der Waals surface area contributed by atoms with Gasteiger partial charge in [0.15, 0.2) is 0 Å². The van der Waals surface area contributed by atoms with Crippen LogP contribution >= 0.6 is 0 Å². The Morgan fingerprint density at radius 3 is 2.83 bits per heavy atom. The lowest BCUT2D eigenvalue weighted by Gasteiger charge is -2.11. The topological polar surface area (TPSA) is 95.8 Å². The molecule has 2 aromatic carbocycles. The molecule has 6 nitrogen and oxygen atoms in total. The van der Waals surface area contributed by atoms with E-state index >= 15 is 0 Å². The summed E-state index contributed by atoms with van der Waals surface area (Å²) in [6.07, 6.45) is 4.63. The molecule has 5 N–H and O–H groups in total. The van der Waals surface area contributed by atoms with Gasteiger partial charge in [-0.05, 0) is 67.1 Å². The number of hydrogen-bond donors (Lipinski definition) is 4. The second kappa shape index (κ2) is 7.37. The van der Waals surface area contributed by atoms with E-state index in [1.807, 2.05) is 49.5 Å². The van der Waals surface area contributed by atoms with E-state index in [9.17, 15) is 4.79 Å². The van der Waals surface area contributed by atoms with Crippen molar-refractivity contribution in [2.45, 2.75) is 32.2 Å². The summed E-state index contributed by atoms with van der Waals surface area (Å²) in [5.74, 6) is 0.669. The lowest BCUT2D eigenvalue weighted by molar-refractivity contribution is 0.0951. The first-order valence-corrected chi connectivity index (χ1v) is 10.4. The van der Waals surface area contributed by atoms with Crippen molar-refractivity contribution in [1.29, 1.82) is 0 Å². The van der Waals surface area contributed by atoms with Crippen molar-refractivity contribution < 1.29 is 4.79 Å². The van der Waals surface area contributed by atoms with Gasteiger partial charge in [-0.2, -0.15) is 0 Å². The molecule has 0 saturated carbocycles. The molecular weight excluding hydrogens is 374 g/mol. The first kappa shape index (κ1) is 18.5. The van der Waals surface area contributed by atoms with E-state index in [4.69, 9.17) is 5.73 Å². The zero-order valence-corrected chi connectivity index (χ0v) is 17.0. The van der Waals surface area contributed by atoms with Gasteiger partial charge in [-0.15, -0.1) is 0 Å². The maximum Gasteiger partial charge on any atom is 0.251 e. The fraction of sp³-hybridized carbons (Fsp3) is 0.250. The number of H-pyrrole nitrogens is 1. The second-order valence-corrected chi connectivity index (χ2v) is 7.93. The van der Waals surface area contributed by atoms with E-state index in [0.29, 0.717) is 17.8 Å². The van der Waals surface area contributed by atoms with Gasteiger partial charge in [-0.1, -0.05) is 6.07 Å². The van der Waals surface area contributed by atoms with Crippen LogP contribution in [0.1, 0.15) is 40.0 Å². The van der Waals surface area contributed by atoms with Gasteiger partial charge >= 0.3 is 0 Å². The highest BCUT2D eigenvalue weighted by Gasteiger charge is 2.17. The summed E-state index contributed by atoms with van der Waals surface area (Å²) in [7, 11) is 1.82. The van der Waals surface area contributed by atoms with Crippen molar-refractivity contribution in [3.8, 4) is 0 Å². The zero-order valence-electron chi connectivity index (χ0n) is 17.0. The van der Waals surface area contributed by atoms with Gasteiger partial charge in [0.2, 0.25) is 0 Å². The van der Waals surface area contributed by atoms with Crippen LogP contribution in [0.15, 0.2) is 42.5 Å². The molecular formula is C24H25N5O. The van der Waals surface area contributed by atoms with E-state index in [1.54, 1.807) is 0 Å². The van der Waals surface area contributed by atoms with Crippen LogP contribution in [0.4, 0.5) is 11.5 Å². The number of nitrogens with two attached hydrogens (primary N) is 1. The summed E-state index contributed by atoms with van der Waals surface area (Å²) < 4.78 is 0. The molecule has 1 amide bonds. The number of amides is 1. The number of hydrogen-bond acceptors (Lipinski definition) is 4. The number of aromatic amines is 1. The molecule has 0 atom stereocenters. The summed E-state index contributed by atoms with van der Waals surface area (Å²) in [5, 5.41) is 8.12. The zero-order chi connectivity index (χ0) is 20.7. The molecule has 0 saturated heterocycles. The van der Waals surface area contributed by atoms with Crippen molar-refractivity contribution in [1.82, 2.24) is 15.3 Å². The molecule has 1 aliphatic carbocycles. The maximum atomic E-state index is 12.8. The van der Waals surface area contributed by atoms with Gasteiger partial charge in [-0.3, -0.25) is 4.79 Å². The average Bonchev–Trinajstić information content (AvgIpc) is 3.15. The van der Waals surface area contributed by atoms with Gasteiger partial charge in [0.1, 0.15) is 5.82 Å². The monoisotopic (exact) mass is 399 g/mol. The van der Waals surface area contributed by atoms with Crippen LogP contribution in [-0.4, -0.2) is 22.9 Å². The number of carbonyl (C=O) groups excluding carboxylic acids is 1. The van der Waals surface area contributed by atoms with Crippen molar-refractivity contribution >= 4 is 39.2 Å². The fourth-order valence-electron chi connectivity index (χ4n) is 4.37. The van der Waals surface area contributed by atoms with E-state index < -0.39 is 0 Å². The van der Waals surface area contributed by atoms with Gasteiger partial charge in [0.25, 0.3) is 5.91 Å². The number of carbonyl (C=O) groups is 1. The number of benzene rings is 2. The number of nitrogens with one attached hydrogen (secondary N) is 3. The standard InChI is InChI=1S/C24H25N5O/c1-26-23-12-19(25)18-10-14(6-8-22(18)29-23)13-27-24(30)15-7-9-21-17(11-15)16-4-2-3-5-20(16)28-21/h6-12,28H,2-5,13H2,1H3,(H,27,30)(H3,25,26,29). The van der Waals surface area contributed by atoms with Crippen LogP contribution in [-0.2, 0) is 19.4 Å². The number of nitrogen functional groups attached to an aromatic ring is 1. The Balaban J connectivity index is 1.36. The minimum absolute atomic E-state index is 0.0700. The lowest BCUT2D eigenvalue weighted by Crippen LogP contribution is -2.22. The molecule has 30 heavy (non-hydrogen) atoms. The number of pyridine rings is 1. The Bertz CT molecular complexity index is 1270. The van der Waals surface area contributed by atoms with Crippen molar-refractivity contribution in [2.24, 2.45) is 0 Å². The average molecular weight is 399 g/mol. The Morgan fingerprint density at radius 2 is 1.97 bits per heavy atom. The predicted octanol–water partition coefficient (Wildman–Crippen LogP) is 4.15. The molecule has 2 heterocycles. The third-order valence-electron chi connectivity index (χ3n) is 5.97. The number of aryl methyl sites for hydroxylation is 2. The summed E-state index contributed by atoms with van der Waals surface area (Å²) >= 11 is 0. The molecule has 2 aromatic heterocycles. The van der Waals surface area contributed by atoms with Crippen molar-refractivity contribution in [2.75, 3.05) is 18.1 Å². The molecule has 1 aliphatic rings. The summed E-state index contributed by atoms with van der Waals surface area (Å²) in [6, 6.07) is 13.6. The van der Waals surface area contributed by atoms with E-state index in [2.05, 4.69) is 20.6 Å². The van der Waals surface area contributed by atoms with Crippen molar-refractivity contribution in [3.05, 3.63) is 64.8 Å². The summed E-state index contributed by atoms with van der Waals surface area (Å²) in [5.41, 5.74) is 13.2. The quantitative estimate of drug-likeness (QED) is 0.415. The first-order chi connectivity index (χ1) is 14.6. The molecule has 0 fully saturated rings. The third kappa shape index (κ3) is 3.24. The number of rotatable bonds is 4. The minimum atomic E-state index is -0.0700. The van der Waals surface area contributed by atoms with Gasteiger partial charge in [0, 0.05) is 52.9 Å². The molecule has 0 aliphatic heterocycles. The summed E-state index contributed by atoms with van der Waals surface area (Å²) in [6.45, 7) is 0.436. The molecule has 0 spiro atoms. The molecule has 6 heteroatoms. The maximum absolute atomic E-state index is 12.8. The highest BCUT2D eigenvalue weighted by molar-refractivity contribution is 5.99. The van der Waals surface area contributed by atoms with Crippen LogP contribution in [0.2, 0.25) is 0 Å². The van der Waals surface area contributed by atoms with Gasteiger partial charge in [-0.25, -0.2) is 4.98 Å². The minimum Gasteiger partial charge on any atom is -0.398 e. The molecule has 152 valence electrons. The molecule has 0 radical (unpaired) electrons.